The van der Waals surface area contributed by atoms with Crippen LogP contribution in [-0.4, -0.2) is 18.9 Å². The zero-order chi connectivity index (χ0) is 11.6. The molecular weight excluding hydrogens is 192 g/mol. The van der Waals surface area contributed by atoms with E-state index in [-0.39, 0.29) is 17.7 Å². The molecule has 0 bridgehead atoms. The van der Waals surface area contributed by atoms with Gasteiger partial charge in [0.15, 0.2) is 5.78 Å². The second-order valence-electron chi connectivity index (χ2n) is 4.78. The number of methoxy groups -OCH3 is 1. The molecule has 0 atom stereocenters. The summed E-state index contributed by atoms with van der Waals surface area (Å²) in [6, 6.07) is 0. The molecule has 0 aliphatic heterocycles. The summed E-state index contributed by atoms with van der Waals surface area (Å²) in [6.07, 6.45) is 2.38. The fourth-order valence-corrected chi connectivity index (χ4v) is 2.43. The molecule has 0 saturated heterocycles. The van der Waals surface area contributed by atoms with Crippen molar-refractivity contribution in [1.29, 1.82) is 0 Å². The number of Topliss-reactive ketones (excluding diaryl/α,β-unsaturated/α-hetero) is 1. The summed E-state index contributed by atoms with van der Waals surface area (Å²) < 4.78 is 4.76. The van der Waals surface area contributed by atoms with E-state index in [1.165, 1.54) is 7.11 Å². The maximum Gasteiger partial charge on any atom is 0.319 e. The van der Waals surface area contributed by atoms with E-state index in [1.807, 2.05) is 13.8 Å². The fraction of sp³-hybridized carbons (Fsp3) is 0.833. The standard InChI is InChI=1S/C12H20O3/c1-5-9-6-12(7-9,11(14)15-4)10(13)8(2)3/h8-9H,5-7H2,1-4H3. The molecule has 3 heteroatoms. The number of carbonyl (C=O) groups excluding carboxylic acids is 2. The molecule has 1 fully saturated rings. The maximum atomic E-state index is 12.0. The van der Waals surface area contributed by atoms with Crippen LogP contribution in [0.1, 0.15) is 40.0 Å². The summed E-state index contributed by atoms with van der Waals surface area (Å²) in [6.45, 7) is 5.77. The second-order valence-corrected chi connectivity index (χ2v) is 4.78. The van der Waals surface area contributed by atoms with E-state index in [0.29, 0.717) is 18.8 Å². The third-order valence-electron chi connectivity index (χ3n) is 3.42. The van der Waals surface area contributed by atoms with Crippen LogP contribution in [0.15, 0.2) is 0 Å². The minimum atomic E-state index is -0.816. The Morgan fingerprint density at radius 1 is 1.40 bits per heavy atom. The van der Waals surface area contributed by atoms with Crippen LogP contribution in [0.2, 0.25) is 0 Å². The molecule has 0 unspecified atom stereocenters. The van der Waals surface area contributed by atoms with Crippen molar-refractivity contribution in [2.75, 3.05) is 7.11 Å². The monoisotopic (exact) mass is 212 g/mol. The number of esters is 1. The summed E-state index contributed by atoms with van der Waals surface area (Å²) in [7, 11) is 1.36. The molecule has 1 saturated carbocycles. The number of hydrogen-bond acceptors (Lipinski definition) is 3. The summed E-state index contributed by atoms with van der Waals surface area (Å²) in [5.41, 5.74) is -0.816. The minimum absolute atomic E-state index is 0.0408. The lowest BCUT2D eigenvalue weighted by Crippen LogP contribution is -2.51. The molecule has 0 aromatic heterocycles. The minimum Gasteiger partial charge on any atom is -0.468 e. The second kappa shape index (κ2) is 4.33. The van der Waals surface area contributed by atoms with E-state index < -0.39 is 5.41 Å². The van der Waals surface area contributed by atoms with Crippen LogP contribution in [0.5, 0.6) is 0 Å². The van der Waals surface area contributed by atoms with Crippen molar-refractivity contribution in [1.82, 2.24) is 0 Å². The highest BCUT2D eigenvalue weighted by atomic mass is 16.5. The summed E-state index contributed by atoms with van der Waals surface area (Å²) in [5, 5.41) is 0. The van der Waals surface area contributed by atoms with Crippen LogP contribution in [0.25, 0.3) is 0 Å². The highest BCUT2D eigenvalue weighted by Gasteiger charge is 2.56. The Hall–Kier alpha value is -0.860. The number of carbonyl (C=O) groups is 2. The van der Waals surface area contributed by atoms with Crippen LogP contribution in [0, 0.1) is 17.3 Å². The van der Waals surface area contributed by atoms with Crippen LogP contribution >= 0.6 is 0 Å². The first-order valence-corrected chi connectivity index (χ1v) is 5.60. The van der Waals surface area contributed by atoms with E-state index >= 15 is 0 Å². The molecule has 15 heavy (non-hydrogen) atoms. The first-order chi connectivity index (χ1) is 6.97. The number of ketones is 1. The highest BCUT2D eigenvalue weighted by molar-refractivity contribution is 6.05. The third kappa shape index (κ3) is 1.92. The zero-order valence-electron chi connectivity index (χ0n) is 10.0. The predicted molar refractivity (Wildman–Crippen MR) is 57.3 cm³/mol. The van der Waals surface area contributed by atoms with Gasteiger partial charge in [0.25, 0.3) is 0 Å². The van der Waals surface area contributed by atoms with Crippen LogP contribution in [0.3, 0.4) is 0 Å². The average Bonchev–Trinajstić information content (AvgIpc) is 2.15. The average molecular weight is 212 g/mol. The van der Waals surface area contributed by atoms with Gasteiger partial charge in [0.05, 0.1) is 7.11 Å². The quantitative estimate of drug-likeness (QED) is 0.530. The summed E-state index contributed by atoms with van der Waals surface area (Å²) in [4.78, 5) is 23.7. The molecule has 0 heterocycles. The SMILES string of the molecule is CCC1CC(C(=O)OC)(C(=O)C(C)C)C1. The predicted octanol–water partition coefficient (Wildman–Crippen LogP) is 2.19. The molecule has 0 N–H and O–H groups in total. The van der Waals surface area contributed by atoms with E-state index in [0.717, 1.165) is 6.42 Å². The molecule has 1 rings (SSSR count). The zero-order valence-corrected chi connectivity index (χ0v) is 10.0. The first kappa shape index (κ1) is 12.2. The van der Waals surface area contributed by atoms with Crippen molar-refractivity contribution in [3.8, 4) is 0 Å². The van der Waals surface area contributed by atoms with Crippen molar-refractivity contribution in [2.45, 2.75) is 40.0 Å². The molecule has 0 spiro atoms. The van der Waals surface area contributed by atoms with Gasteiger partial charge >= 0.3 is 5.97 Å². The number of hydrogen-bond donors (Lipinski definition) is 0. The Kier molecular flexibility index (Phi) is 3.53. The van der Waals surface area contributed by atoms with Gasteiger partial charge in [0.2, 0.25) is 0 Å². The van der Waals surface area contributed by atoms with Crippen molar-refractivity contribution in [2.24, 2.45) is 17.3 Å². The summed E-state index contributed by atoms with van der Waals surface area (Å²) in [5.74, 6) is 0.110. The van der Waals surface area contributed by atoms with Gasteiger partial charge in [0, 0.05) is 5.92 Å². The Bertz CT molecular complexity index is 262. The van der Waals surface area contributed by atoms with Crippen LogP contribution < -0.4 is 0 Å². The van der Waals surface area contributed by atoms with E-state index in [4.69, 9.17) is 4.74 Å². The van der Waals surface area contributed by atoms with Gasteiger partial charge in [-0.1, -0.05) is 27.2 Å². The van der Waals surface area contributed by atoms with Gasteiger partial charge in [-0.05, 0) is 18.8 Å². The third-order valence-corrected chi connectivity index (χ3v) is 3.42. The molecule has 1 aliphatic rings. The molecule has 86 valence electrons. The van der Waals surface area contributed by atoms with Gasteiger partial charge in [-0.15, -0.1) is 0 Å². The molecule has 0 amide bonds. The Morgan fingerprint density at radius 2 is 1.93 bits per heavy atom. The summed E-state index contributed by atoms with van der Waals surface area (Å²) >= 11 is 0. The van der Waals surface area contributed by atoms with Gasteiger partial charge in [0.1, 0.15) is 5.41 Å². The molecular formula is C12H20O3. The van der Waals surface area contributed by atoms with E-state index in [1.54, 1.807) is 0 Å². The van der Waals surface area contributed by atoms with Gasteiger partial charge in [-0.25, -0.2) is 0 Å². The van der Waals surface area contributed by atoms with Crippen molar-refractivity contribution in [3.63, 3.8) is 0 Å². The number of ether oxygens (including phenoxy) is 1. The van der Waals surface area contributed by atoms with E-state index in [9.17, 15) is 9.59 Å². The highest BCUT2D eigenvalue weighted by Crippen LogP contribution is 2.49. The fourth-order valence-electron chi connectivity index (χ4n) is 2.43. The maximum absolute atomic E-state index is 12.0. The lowest BCUT2D eigenvalue weighted by molar-refractivity contribution is -0.169. The molecule has 0 aromatic rings. The van der Waals surface area contributed by atoms with Gasteiger partial charge < -0.3 is 4.74 Å². The van der Waals surface area contributed by atoms with Crippen molar-refractivity contribution >= 4 is 11.8 Å². The van der Waals surface area contributed by atoms with Gasteiger partial charge in [-0.3, -0.25) is 9.59 Å². The molecule has 0 radical (unpaired) electrons. The smallest absolute Gasteiger partial charge is 0.319 e. The van der Waals surface area contributed by atoms with Crippen molar-refractivity contribution < 1.29 is 14.3 Å². The lowest BCUT2D eigenvalue weighted by atomic mass is 9.57. The Balaban J connectivity index is 2.82. The Morgan fingerprint density at radius 3 is 2.27 bits per heavy atom. The van der Waals surface area contributed by atoms with Crippen LogP contribution in [-0.2, 0) is 14.3 Å². The molecule has 3 nitrogen and oxygen atoms in total. The molecule has 1 aliphatic carbocycles. The lowest BCUT2D eigenvalue weighted by Gasteiger charge is -2.44. The topological polar surface area (TPSA) is 43.4 Å². The largest absolute Gasteiger partial charge is 0.468 e. The first-order valence-electron chi connectivity index (χ1n) is 5.60. The van der Waals surface area contributed by atoms with Gasteiger partial charge in [-0.2, -0.15) is 0 Å². The van der Waals surface area contributed by atoms with Crippen molar-refractivity contribution in [3.05, 3.63) is 0 Å². The normalized spacial score (nSPS) is 29.8. The van der Waals surface area contributed by atoms with E-state index in [2.05, 4.69) is 6.92 Å². The Labute approximate surface area is 91.2 Å². The number of rotatable bonds is 4. The van der Waals surface area contributed by atoms with Crippen LogP contribution in [0.4, 0.5) is 0 Å². The molecule has 0 aromatic carbocycles.